The van der Waals surface area contributed by atoms with Crippen molar-refractivity contribution in [2.45, 2.75) is 6.04 Å². The van der Waals surface area contributed by atoms with E-state index in [1.54, 1.807) is 0 Å². The molecular formula is C9H12BrNO2. The Morgan fingerprint density at radius 2 is 1.85 bits per heavy atom. The molecule has 72 valence electrons. The molecule has 4 heteroatoms. The highest BCUT2D eigenvalue weighted by Crippen LogP contribution is 2.21. The normalized spacial score (nSPS) is 10.5. The lowest BCUT2D eigenvalue weighted by atomic mass is 10.2. The number of aliphatic hydroxyl groups excluding tert-OH is 2. The van der Waals surface area contributed by atoms with Crippen LogP contribution in [0.4, 0.5) is 5.69 Å². The van der Waals surface area contributed by atoms with Crippen molar-refractivity contribution in [2.75, 3.05) is 18.5 Å². The summed E-state index contributed by atoms with van der Waals surface area (Å²) in [5, 5.41) is 20.7. The van der Waals surface area contributed by atoms with Crippen molar-refractivity contribution in [3.05, 3.63) is 28.7 Å². The summed E-state index contributed by atoms with van der Waals surface area (Å²) in [6.07, 6.45) is 0. The Labute approximate surface area is 85.5 Å². The van der Waals surface area contributed by atoms with Crippen molar-refractivity contribution in [2.24, 2.45) is 0 Å². The second-order valence-corrected chi connectivity index (χ2v) is 3.54. The average molecular weight is 246 g/mol. The van der Waals surface area contributed by atoms with Gasteiger partial charge in [-0.25, -0.2) is 0 Å². The Morgan fingerprint density at radius 3 is 2.38 bits per heavy atom. The second-order valence-electron chi connectivity index (χ2n) is 2.69. The van der Waals surface area contributed by atoms with Crippen LogP contribution in [0, 0.1) is 0 Å². The minimum absolute atomic E-state index is 0.0855. The monoisotopic (exact) mass is 245 g/mol. The van der Waals surface area contributed by atoms with E-state index in [0.29, 0.717) is 0 Å². The zero-order valence-corrected chi connectivity index (χ0v) is 8.66. The third-order valence-corrected chi connectivity index (χ3v) is 2.37. The fourth-order valence-corrected chi connectivity index (χ4v) is 1.35. The molecular weight excluding hydrogens is 234 g/mol. The summed E-state index contributed by atoms with van der Waals surface area (Å²) >= 11 is 3.36. The van der Waals surface area contributed by atoms with Crippen LogP contribution in [0.5, 0.6) is 0 Å². The van der Waals surface area contributed by atoms with Gasteiger partial charge in [0.05, 0.1) is 19.3 Å². The molecule has 13 heavy (non-hydrogen) atoms. The van der Waals surface area contributed by atoms with Gasteiger partial charge in [0.1, 0.15) is 0 Å². The Kier molecular flexibility index (Phi) is 4.21. The molecule has 0 spiro atoms. The van der Waals surface area contributed by atoms with Crippen molar-refractivity contribution in [1.29, 1.82) is 0 Å². The lowest BCUT2D eigenvalue weighted by Crippen LogP contribution is -2.27. The molecule has 0 amide bonds. The zero-order valence-electron chi connectivity index (χ0n) is 7.07. The largest absolute Gasteiger partial charge is 0.394 e. The molecule has 3 N–H and O–H groups in total. The number of hydrogen-bond acceptors (Lipinski definition) is 3. The van der Waals surface area contributed by atoms with Crippen LogP contribution in [0.3, 0.4) is 0 Å². The maximum Gasteiger partial charge on any atom is 0.0723 e. The topological polar surface area (TPSA) is 52.5 Å². The summed E-state index contributed by atoms with van der Waals surface area (Å²) in [6.45, 7) is -0.171. The quantitative estimate of drug-likeness (QED) is 0.748. The molecule has 0 fully saturated rings. The Balaban J connectivity index is 2.67. The molecule has 0 bridgehead atoms. The van der Waals surface area contributed by atoms with E-state index in [0.717, 1.165) is 10.2 Å². The van der Waals surface area contributed by atoms with Crippen LogP contribution >= 0.6 is 15.9 Å². The van der Waals surface area contributed by atoms with Gasteiger partial charge in [0.15, 0.2) is 0 Å². The van der Waals surface area contributed by atoms with Crippen LogP contribution in [0.25, 0.3) is 0 Å². The van der Waals surface area contributed by atoms with Gasteiger partial charge in [-0.05, 0) is 28.1 Å². The SMILES string of the molecule is OCC(CO)Nc1ccccc1Br. The molecule has 1 aromatic rings. The molecule has 0 aromatic heterocycles. The van der Waals surface area contributed by atoms with Crippen LogP contribution in [0.1, 0.15) is 0 Å². The summed E-state index contributed by atoms with van der Waals surface area (Å²) in [5.74, 6) is 0. The van der Waals surface area contributed by atoms with Gasteiger partial charge in [-0.1, -0.05) is 12.1 Å². The summed E-state index contributed by atoms with van der Waals surface area (Å²) < 4.78 is 0.918. The summed E-state index contributed by atoms with van der Waals surface area (Å²) in [5.41, 5.74) is 0.871. The van der Waals surface area contributed by atoms with E-state index in [1.165, 1.54) is 0 Å². The highest BCUT2D eigenvalue weighted by atomic mass is 79.9. The molecule has 0 radical (unpaired) electrons. The molecule has 0 saturated heterocycles. The summed E-state index contributed by atoms with van der Waals surface area (Å²) in [4.78, 5) is 0. The number of hydrogen-bond donors (Lipinski definition) is 3. The number of rotatable bonds is 4. The predicted molar refractivity (Wildman–Crippen MR) is 55.7 cm³/mol. The minimum Gasteiger partial charge on any atom is -0.394 e. The van der Waals surface area contributed by atoms with Crippen LogP contribution in [0.2, 0.25) is 0 Å². The van der Waals surface area contributed by atoms with E-state index >= 15 is 0 Å². The number of halogens is 1. The van der Waals surface area contributed by atoms with Crippen molar-refractivity contribution >= 4 is 21.6 Å². The average Bonchev–Trinajstić information content (AvgIpc) is 2.17. The van der Waals surface area contributed by atoms with Crippen LogP contribution in [-0.2, 0) is 0 Å². The van der Waals surface area contributed by atoms with Gasteiger partial charge < -0.3 is 15.5 Å². The van der Waals surface area contributed by atoms with Crippen molar-refractivity contribution in [1.82, 2.24) is 0 Å². The van der Waals surface area contributed by atoms with Crippen molar-refractivity contribution < 1.29 is 10.2 Å². The van der Waals surface area contributed by atoms with E-state index in [1.807, 2.05) is 24.3 Å². The number of nitrogens with one attached hydrogen (secondary N) is 1. The van der Waals surface area contributed by atoms with Gasteiger partial charge in [-0.15, -0.1) is 0 Å². The van der Waals surface area contributed by atoms with E-state index in [4.69, 9.17) is 10.2 Å². The highest BCUT2D eigenvalue weighted by Gasteiger charge is 2.06. The highest BCUT2D eigenvalue weighted by molar-refractivity contribution is 9.10. The summed E-state index contributed by atoms with van der Waals surface area (Å²) in [6, 6.07) is 7.26. The van der Waals surface area contributed by atoms with E-state index in [2.05, 4.69) is 21.2 Å². The Hall–Kier alpha value is -0.580. The van der Waals surface area contributed by atoms with Gasteiger partial charge in [-0.3, -0.25) is 0 Å². The number of para-hydroxylation sites is 1. The fraction of sp³-hybridized carbons (Fsp3) is 0.333. The molecule has 3 nitrogen and oxygen atoms in total. The van der Waals surface area contributed by atoms with Gasteiger partial charge in [0.2, 0.25) is 0 Å². The molecule has 0 saturated carbocycles. The predicted octanol–water partition coefficient (Wildman–Crippen LogP) is 1.21. The lowest BCUT2D eigenvalue weighted by Gasteiger charge is -2.15. The first kappa shape index (κ1) is 10.5. The maximum absolute atomic E-state index is 8.84. The Morgan fingerprint density at radius 1 is 1.23 bits per heavy atom. The zero-order chi connectivity index (χ0) is 9.68. The molecule has 0 aliphatic carbocycles. The fourth-order valence-electron chi connectivity index (χ4n) is 0.947. The summed E-state index contributed by atoms with van der Waals surface area (Å²) in [7, 11) is 0. The molecule has 0 heterocycles. The van der Waals surface area contributed by atoms with Crippen LogP contribution in [-0.4, -0.2) is 29.5 Å². The van der Waals surface area contributed by atoms with E-state index < -0.39 is 0 Å². The van der Waals surface area contributed by atoms with Gasteiger partial charge in [-0.2, -0.15) is 0 Å². The first-order valence-corrected chi connectivity index (χ1v) is 4.80. The van der Waals surface area contributed by atoms with Gasteiger partial charge >= 0.3 is 0 Å². The molecule has 0 unspecified atom stereocenters. The first-order valence-electron chi connectivity index (χ1n) is 4.00. The number of aliphatic hydroxyl groups is 2. The Bertz CT molecular complexity index is 264. The molecule has 1 rings (SSSR count). The van der Waals surface area contributed by atoms with Crippen LogP contribution < -0.4 is 5.32 Å². The number of benzene rings is 1. The van der Waals surface area contributed by atoms with Crippen molar-refractivity contribution in [3.63, 3.8) is 0 Å². The standard InChI is InChI=1S/C9H12BrNO2/c10-8-3-1-2-4-9(8)11-7(5-12)6-13/h1-4,7,11-13H,5-6H2. The minimum atomic E-state index is -0.307. The lowest BCUT2D eigenvalue weighted by molar-refractivity contribution is 0.204. The van der Waals surface area contributed by atoms with Gasteiger partial charge in [0.25, 0.3) is 0 Å². The smallest absolute Gasteiger partial charge is 0.0723 e. The number of anilines is 1. The third kappa shape index (κ3) is 2.99. The molecule has 0 atom stereocenters. The molecule has 0 aliphatic rings. The van der Waals surface area contributed by atoms with E-state index in [-0.39, 0.29) is 19.3 Å². The molecule has 0 aliphatic heterocycles. The third-order valence-electron chi connectivity index (χ3n) is 1.67. The maximum atomic E-state index is 8.84. The van der Waals surface area contributed by atoms with Crippen molar-refractivity contribution in [3.8, 4) is 0 Å². The second kappa shape index (κ2) is 5.21. The first-order chi connectivity index (χ1) is 6.27. The van der Waals surface area contributed by atoms with Crippen LogP contribution in [0.15, 0.2) is 28.7 Å². The van der Waals surface area contributed by atoms with Gasteiger partial charge in [0, 0.05) is 10.2 Å². The van der Waals surface area contributed by atoms with E-state index in [9.17, 15) is 0 Å². The molecule has 1 aromatic carbocycles.